The minimum Gasteiger partial charge on any atom is -0.481 e. The predicted octanol–water partition coefficient (Wildman–Crippen LogP) is 2.67. The summed E-state index contributed by atoms with van der Waals surface area (Å²) in [5.41, 5.74) is 1.16. The molecule has 0 aliphatic heterocycles. The molecule has 19 heavy (non-hydrogen) atoms. The number of methoxy groups -OCH3 is 2. The molecule has 1 atom stereocenters. The summed E-state index contributed by atoms with van der Waals surface area (Å²) in [6, 6.07) is 11.8. The van der Waals surface area contributed by atoms with Gasteiger partial charge in [0.15, 0.2) is 0 Å². The lowest BCUT2D eigenvalue weighted by Gasteiger charge is -2.15. The molecule has 1 unspecified atom stereocenters. The molecule has 0 bridgehead atoms. The second-order valence-electron chi connectivity index (χ2n) is 4.05. The van der Waals surface area contributed by atoms with Gasteiger partial charge >= 0.3 is 0 Å². The molecule has 0 saturated heterocycles. The van der Waals surface area contributed by atoms with Crippen molar-refractivity contribution in [3.05, 3.63) is 42.0 Å². The molecule has 1 aromatic carbocycles. The van der Waals surface area contributed by atoms with Crippen LogP contribution in [0.2, 0.25) is 0 Å². The van der Waals surface area contributed by atoms with E-state index in [1.165, 1.54) is 0 Å². The molecule has 1 N–H and O–H groups in total. The molecular formula is C14H17N3O2. The summed E-state index contributed by atoms with van der Waals surface area (Å²) in [5, 5.41) is 3.23. The van der Waals surface area contributed by atoms with Crippen molar-refractivity contribution in [2.45, 2.75) is 13.0 Å². The predicted molar refractivity (Wildman–Crippen MR) is 73.6 cm³/mol. The molecule has 0 amide bonds. The fourth-order valence-corrected chi connectivity index (χ4v) is 1.70. The fourth-order valence-electron chi connectivity index (χ4n) is 1.70. The lowest BCUT2D eigenvalue weighted by atomic mass is 10.1. The van der Waals surface area contributed by atoms with E-state index in [0.29, 0.717) is 17.7 Å². The van der Waals surface area contributed by atoms with Crippen LogP contribution in [0, 0.1) is 0 Å². The third kappa shape index (κ3) is 3.34. The van der Waals surface area contributed by atoms with E-state index in [0.717, 1.165) is 5.56 Å². The van der Waals surface area contributed by atoms with E-state index < -0.39 is 0 Å². The van der Waals surface area contributed by atoms with Crippen molar-refractivity contribution in [3.8, 4) is 11.8 Å². The fraction of sp³-hybridized carbons (Fsp3) is 0.286. The third-order valence-electron chi connectivity index (χ3n) is 2.74. The molecule has 0 spiro atoms. The highest BCUT2D eigenvalue weighted by Crippen LogP contribution is 2.21. The van der Waals surface area contributed by atoms with Gasteiger partial charge in [-0.25, -0.2) is 0 Å². The quantitative estimate of drug-likeness (QED) is 0.894. The van der Waals surface area contributed by atoms with Gasteiger partial charge in [-0.3, -0.25) is 0 Å². The first-order valence-corrected chi connectivity index (χ1v) is 6.01. The van der Waals surface area contributed by atoms with Crippen LogP contribution in [0.5, 0.6) is 11.8 Å². The summed E-state index contributed by atoms with van der Waals surface area (Å²) in [5.74, 6) is 1.41. The first-order chi connectivity index (χ1) is 9.22. The highest BCUT2D eigenvalue weighted by molar-refractivity contribution is 5.36. The Morgan fingerprint density at radius 3 is 2.11 bits per heavy atom. The average Bonchev–Trinajstić information content (AvgIpc) is 2.47. The molecular weight excluding hydrogens is 242 g/mol. The van der Waals surface area contributed by atoms with E-state index in [1.807, 2.05) is 25.1 Å². The smallest absolute Gasteiger partial charge is 0.229 e. The number of hydrogen-bond donors (Lipinski definition) is 1. The van der Waals surface area contributed by atoms with Crippen LogP contribution in [0.3, 0.4) is 0 Å². The summed E-state index contributed by atoms with van der Waals surface area (Å²) in [7, 11) is 3.12. The van der Waals surface area contributed by atoms with Crippen molar-refractivity contribution in [2.75, 3.05) is 19.5 Å². The maximum absolute atomic E-state index is 5.11. The van der Waals surface area contributed by atoms with Crippen molar-refractivity contribution in [3.63, 3.8) is 0 Å². The second-order valence-corrected chi connectivity index (χ2v) is 4.05. The Bertz CT molecular complexity index is 509. The van der Waals surface area contributed by atoms with E-state index in [1.54, 1.807) is 20.3 Å². The number of nitrogens with zero attached hydrogens (tertiary/aromatic N) is 2. The van der Waals surface area contributed by atoms with Crippen LogP contribution in [0.15, 0.2) is 36.4 Å². The summed E-state index contributed by atoms with van der Waals surface area (Å²) >= 11 is 0. The van der Waals surface area contributed by atoms with E-state index in [9.17, 15) is 0 Å². The van der Waals surface area contributed by atoms with Gasteiger partial charge in [0.25, 0.3) is 0 Å². The zero-order chi connectivity index (χ0) is 13.7. The molecule has 1 heterocycles. The number of rotatable bonds is 5. The molecule has 0 radical (unpaired) electrons. The van der Waals surface area contributed by atoms with Crippen molar-refractivity contribution < 1.29 is 9.47 Å². The Balaban J connectivity index is 2.18. The highest BCUT2D eigenvalue weighted by Gasteiger charge is 2.09. The molecule has 2 rings (SSSR count). The van der Waals surface area contributed by atoms with Gasteiger partial charge in [0.05, 0.1) is 26.3 Å². The van der Waals surface area contributed by atoms with Crippen LogP contribution in [-0.4, -0.2) is 24.2 Å². The SMILES string of the molecule is COc1cc(OC)nc(NC(C)c2ccccc2)n1. The Hall–Kier alpha value is -2.30. The third-order valence-corrected chi connectivity index (χ3v) is 2.74. The second kappa shape index (κ2) is 6.04. The van der Waals surface area contributed by atoms with E-state index >= 15 is 0 Å². The molecule has 0 saturated carbocycles. The Kier molecular flexibility index (Phi) is 4.18. The van der Waals surface area contributed by atoms with Crippen LogP contribution in [0.1, 0.15) is 18.5 Å². The maximum atomic E-state index is 5.11. The first-order valence-electron chi connectivity index (χ1n) is 6.01. The summed E-state index contributed by atoms with van der Waals surface area (Å²) in [4.78, 5) is 8.48. The Morgan fingerprint density at radius 2 is 1.58 bits per heavy atom. The number of ether oxygens (including phenoxy) is 2. The number of aromatic nitrogens is 2. The van der Waals surface area contributed by atoms with Crippen LogP contribution in [-0.2, 0) is 0 Å². The lowest BCUT2D eigenvalue weighted by Crippen LogP contribution is -2.10. The van der Waals surface area contributed by atoms with Crippen LogP contribution in [0.25, 0.3) is 0 Å². The molecule has 5 heteroatoms. The van der Waals surface area contributed by atoms with Gasteiger partial charge in [-0.05, 0) is 12.5 Å². The van der Waals surface area contributed by atoms with Gasteiger partial charge in [-0.15, -0.1) is 0 Å². The van der Waals surface area contributed by atoms with Crippen molar-refractivity contribution in [1.82, 2.24) is 9.97 Å². The van der Waals surface area contributed by atoms with E-state index in [-0.39, 0.29) is 6.04 Å². The Morgan fingerprint density at radius 1 is 1.00 bits per heavy atom. The monoisotopic (exact) mass is 259 g/mol. The molecule has 5 nitrogen and oxygen atoms in total. The number of nitrogens with one attached hydrogen (secondary N) is 1. The zero-order valence-corrected chi connectivity index (χ0v) is 11.3. The summed E-state index contributed by atoms with van der Waals surface area (Å²) < 4.78 is 10.2. The number of anilines is 1. The van der Waals surface area contributed by atoms with Gasteiger partial charge in [0, 0.05) is 0 Å². The summed E-state index contributed by atoms with van der Waals surface area (Å²) in [6.45, 7) is 2.05. The molecule has 0 aliphatic rings. The lowest BCUT2D eigenvalue weighted by molar-refractivity contribution is 0.372. The Labute approximate surface area is 112 Å². The van der Waals surface area contributed by atoms with Gasteiger partial charge in [-0.2, -0.15) is 9.97 Å². The topological polar surface area (TPSA) is 56.3 Å². The minimum absolute atomic E-state index is 0.0954. The number of hydrogen-bond acceptors (Lipinski definition) is 5. The summed E-state index contributed by atoms with van der Waals surface area (Å²) in [6.07, 6.45) is 0. The molecule has 0 fully saturated rings. The maximum Gasteiger partial charge on any atom is 0.229 e. The zero-order valence-electron chi connectivity index (χ0n) is 11.3. The highest BCUT2D eigenvalue weighted by atomic mass is 16.5. The van der Waals surface area contributed by atoms with Gasteiger partial charge in [0.2, 0.25) is 17.7 Å². The normalized spacial score (nSPS) is 11.7. The molecule has 0 aliphatic carbocycles. The van der Waals surface area contributed by atoms with Crippen molar-refractivity contribution in [2.24, 2.45) is 0 Å². The molecule has 1 aromatic heterocycles. The first kappa shape index (κ1) is 13.1. The van der Waals surface area contributed by atoms with Crippen LogP contribution >= 0.6 is 0 Å². The largest absolute Gasteiger partial charge is 0.481 e. The van der Waals surface area contributed by atoms with Crippen LogP contribution < -0.4 is 14.8 Å². The van der Waals surface area contributed by atoms with Gasteiger partial charge in [0.1, 0.15) is 0 Å². The van der Waals surface area contributed by atoms with Crippen LogP contribution in [0.4, 0.5) is 5.95 Å². The van der Waals surface area contributed by atoms with E-state index in [2.05, 4.69) is 27.4 Å². The van der Waals surface area contributed by atoms with Crippen molar-refractivity contribution in [1.29, 1.82) is 0 Å². The minimum atomic E-state index is 0.0954. The average molecular weight is 259 g/mol. The van der Waals surface area contributed by atoms with Gasteiger partial charge < -0.3 is 14.8 Å². The molecule has 100 valence electrons. The number of benzene rings is 1. The standard InChI is InChI=1S/C14H17N3O2/c1-10(11-7-5-4-6-8-11)15-14-16-12(18-2)9-13(17-14)19-3/h4-10H,1-3H3,(H,15,16,17). The van der Waals surface area contributed by atoms with Crippen molar-refractivity contribution >= 4 is 5.95 Å². The van der Waals surface area contributed by atoms with Gasteiger partial charge in [-0.1, -0.05) is 30.3 Å². The van der Waals surface area contributed by atoms with E-state index in [4.69, 9.17) is 9.47 Å². The molecule has 2 aromatic rings.